The molecule has 0 radical (unpaired) electrons. The van der Waals surface area contributed by atoms with Gasteiger partial charge in [-0.2, -0.15) is 0 Å². The highest BCUT2D eigenvalue weighted by molar-refractivity contribution is 7.10. The molecule has 1 N–H and O–H groups in total. The van der Waals surface area contributed by atoms with Crippen molar-refractivity contribution in [2.75, 3.05) is 20.2 Å². The van der Waals surface area contributed by atoms with Crippen LogP contribution >= 0.6 is 11.3 Å². The number of aromatic nitrogens is 1. The molecular formula is C15H18N2OS. The van der Waals surface area contributed by atoms with E-state index < -0.39 is 0 Å². The topological polar surface area (TPSA) is 34.1 Å². The van der Waals surface area contributed by atoms with E-state index in [1.807, 2.05) is 18.2 Å². The number of nitrogens with one attached hydrogen (secondary N) is 1. The number of hydrogen-bond acceptors (Lipinski definition) is 4. The number of benzene rings is 1. The van der Waals surface area contributed by atoms with E-state index in [0.29, 0.717) is 5.92 Å². The van der Waals surface area contributed by atoms with Gasteiger partial charge in [0.05, 0.1) is 17.8 Å². The molecule has 2 aromatic rings. The zero-order valence-electron chi connectivity index (χ0n) is 11.1. The van der Waals surface area contributed by atoms with Crippen molar-refractivity contribution in [2.45, 2.75) is 18.8 Å². The first-order valence-corrected chi connectivity index (χ1v) is 7.56. The Bertz CT molecular complexity index is 547. The van der Waals surface area contributed by atoms with Crippen LogP contribution in [0.1, 0.15) is 23.8 Å². The maximum Gasteiger partial charge on any atom is 0.128 e. The van der Waals surface area contributed by atoms with Crippen LogP contribution in [0.4, 0.5) is 0 Å². The average molecular weight is 274 g/mol. The van der Waals surface area contributed by atoms with Crippen LogP contribution in [0.15, 0.2) is 29.6 Å². The third kappa shape index (κ3) is 2.65. The van der Waals surface area contributed by atoms with Gasteiger partial charge in [-0.15, -0.1) is 11.3 Å². The number of piperidine rings is 1. The Labute approximate surface area is 117 Å². The summed E-state index contributed by atoms with van der Waals surface area (Å²) >= 11 is 1.78. The molecule has 19 heavy (non-hydrogen) atoms. The van der Waals surface area contributed by atoms with Gasteiger partial charge in [-0.1, -0.05) is 12.1 Å². The molecule has 4 heteroatoms. The van der Waals surface area contributed by atoms with Crippen LogP contribution in [0.5, 0.6) is 5.75 Å². The van der Waals surface area contributed by atoms with Gasteiger partial charge in [0.15, 0.2) is 0 Å². The van der Waals surface area contributed by atoms with Crippen LogP contribution < -0.4 is 10.1 Å². The van der Waals surface area contributed by atoms with Gasteiger partial charge < -0.3 is 10.1 Å². The van der Waals surface area contributed by atoms with E-state index in [-0.39, 0.29) is 0 Å². The summed E-state index contributed by atoms with van der Waals surface area (Å²) in [6, 6.07) is 8.07. The summed E-state index contributed by atoms with van der Waals surface area (Å²) in [5.74, 6) is 1.51. The largest absolute Gasteiger partial charge is 0.496 e. The lowest BCUT2D eigenvalue weighted by molar-refractivity contribution is 0.416. The molecule has 0 bridgehead atoms. The van der Waals surface area contributed by atoms with Crippen LogP contribution in [-0.4, -0.2) is 25.2 Å². The number of ether oxygens (including phenoxy) is 1. The molecule has 2 heterocycles. The Morgan fingerprint density at radius 3 is 2.84 bits per heavy atom. The van der Waals surface area contributed by atoms with Gasteiger partial charge >= 0.3 is 0 Å². The van der Waals surface area contributed by atoms with Crippen molar-refractivity contribution in [3.05, 3.63) is 34.7 Å². The molecule has 0 atom stereocenters. The van der Waals surface area contributed by atoms with Crippen molar-refractivity contribution in [1.29, 1.82) is 0 Å². The first kappa shape index (κ1) is 12.6. The predicted octanol–water partition coefficient (Wildman–Crippen LogP) is 3.29. The highest BCUT2D eigenvalue weighted by Crippen LogP contribution is 2.34. The second-order valence-electron chi connectivity index (χ2n) is 4.80. The SMILES string of the molecule is COc1ccccc1-c1csc(C2CCNCC2)n1. The molecular weight excluding hydrogens is 256 g/mol. The number of nitrogens with zero attached hydrogens (tertiary/aromatic N) is 1. The van der Waals surface area contributed by atoms with Crippen molar-refractivity contribution < 1.29 is 4.74 Å². The molecule has 0 saturated carbocycles. The second kappa shape index (κ2) is 5.72. The Hall–Kier alpha value is -1.39. The molecule has 1 aliphatic rings. The van der Waals surface area contributed by atoms with E-state index in [4.69, 9.17) is 9.72 Å². The number of methoxy groups -OCH3 is 1. The maximum absolute atomic E-state index is 5.41. The molecule has 0 spiro atoms. The molecule has 1 saturated heterocycles. The van der Waals surface area contributed by atoms with Crippen LogP contribution in [0, 0.1) is 0 Å². The van der Waals surface area contributed by atoms with Crippen molar-refractivity contribution in [2.24, 2.45) is 0 Å². The predicted molar refractivity (Wildman–Crippen MR) is 78.9 cm³/mol. The highest BCUT2D eigenvalue weighted by Gasteiger charge is 2.19. The van der Waals surface area contributed by atoms with Gasteiger partial charge in [-0.25, -0.2) is 4.98 Å². The van der Waals surface area contributed by atoms with Crippen LogP contribution in [0.2, 0.25) is 0 Å². The zero-order valence-corrected chi connectivity index (χ0v) is 11.9. The van der Waals surface area contributed by atoms with E-state index >= 15 is 0 Å². The molecule has 1 aromatic carbocycles. The maximum atomic E-state index is 5.41. The number of para-hydroxylation sites is 1. The minimum absolute atomic E-state index is 0.620. The van der Waals surface area contributed by atoms with E-state index in [2.05, 4.69) is 16.8 Å². The molecule has 0 aliphatic carbocycles. The molecule has 3 rings (SSSR count). The van der Waals surface area contributed by atoms with Crippen LogP contribution in [0.3, 0.4) is 0 Å². The summed E-state index contributed by atoms with van der Waals surface area (Å²) in [6.45, 7) is 2.21. The van der Waals surface area contributed by atoms with E-state index in [1.165, 1.54) is 17.8 Å². The number of rotatable bonds is 3. The highest BCUT2D eigenvalue weighted by atomic mass is 32.1. The minimum Gasteiger partial charge on any atom is -0.496 e. The van der Waals surface area contributed by atoms with Crippen molar-refractivity contribution in [3.8, 4) is 17.0 Å². The second-order valence-corrected chi connectivity index (χ2v) is 5.69. The quantitative estimate of drug-likeness (QED) is 0.932. The lowest BCUT2D eigenvalue weighted by atomic mass is 9.99. The van der Waals surface area contributed by atoms with E-state index in [1.54, 1.807) is 18.4 Å². The zero-order chi connectivity index (χ0) is 13.1. The van der Waals surface area contributed by atoms with Gasteiger partial charge in [-0.05, 0) is 38.1 Å². The van der Waals surface area contributed by atoms with Gasteiger partial charge in [0.2, 0.25) is 0 Å². The molecule has 3 nitrogen and oxygen atoms in total. The molecule has 100 valence electrons. The van der Waals surface area contributed by atoms with E-state index in [0.717, 1.165) is 30.1 Å². The number of hydrogen-bond donors (Lipinski definition) is 1. The Morgan fingerprint density at radius 1 is 1.26 bits per heavy atom. The number of thiazole rings is 1. The normalized spacial score (nSPS) is 16.5. The lowest BCUT2D eigenvalue weighted by Gasteiger charge is -2.20. The summed E-state index contributed by atoms with van der Waals surface area (Å²) in [7, 11) is 1.71. The third-order valence-electron chi connectivity index (χ3n) is 3.59. The lowest BCUT2D eigenvalue weighted by Crippen LogP contribution is -2.26. The summed E-state index contributed by atoms with van der Waals surface area (Å²) in [4.78, 5) is 4.82. The summed E-state index contributed by atoms with van der Waals surface area (Å²) < 4.78 is 5.41. The monoisotopic (exact) mass is 274 g/mol. The smallest absolute Gasteiger partial charge is 0.128 e. The molecule has 1 aromatic heterocycles. The fourth-order valence-corrected chi connectivity index (χ4v) is 3.52. The summed E-state index contributed by atoms with van der Waals surface area (Å²) in [5.41, 5.74) is 2.12. The first-order valence-electron chi connectivity index (χ1n) is 6.68. The van der Waals surface area contributed by atoms with Crippen LogP contribution in [0.25, 0.3) is 11.3 Å². The van der Waals surface area contributed by atoms with Crippen LogP contribution in [-0.2, 0) is 0 Å². The Morgan fingerprint density at radius 2 is 2.05 bits per heavy atom. The van der Waals surface area contributed by atoms with Gasteiger partial charge in [0.1, 0.15) is 5.75 Å². The standard InChI is InChI=1S/C15H18N2OS/c1-18-14-5-3-2-4-12(14)13-10-19-15(17-13)11-6-8-16-9-7-11/h2-5,10-11,16H,6-9H2,1H3. The third-order valence-corrected chi connectivity index (χ3v) is 4.60. The minimum atomic E-state index is 0.620. The fraction of sp³-hybridized carbons (Fsp3) is 0.400. The fourth-order valence-electron chi connectivity index (χ4n) is 2.52. The Kier molecular flexibility index (Phi) is 3.80. The summed E-state index contributed by atoms with van der Waals surface area (Å²) in [5, 5.41) is 6.81. The first-order chi connectivity index (χ1) is 9.38. The van der Waals surface area contributed by atoms with Gasteiger partial charge in [0, 0.05) is 16.9 Å². The van der Waals surface area contributed by atoms with Crippen molar-refractivity contribution in [1.82, 2.24) is 10.3 Å². The summed E-state index contributed by atoms with van der Waals surface area (Å²) in [6.07, 6.45) is 2.39. The van der Waals surface area contributed by atoms with Gasteiger partial charge in [-0.3, -0.25) is 0 Å². The van der Waals surface area contributed by atoms with Crippen molar-refractivity contribution in [3.63, 3.8) is 0 Å². The molecule has 0 unspecified atom stereocenters. The average Bonchev–Trinajstić information content (AvgIpc) is 2.98. The molecule has 1 aliphatic heterocycles. The van der Waals surface area contributed by atoms with E-state index in [9.17, 15) is 0 Å². The van der Waals surface area contributed by atoms with Crippen molar-refractivity contribution >= 4 is 11.3 Å². The molecule has 0 amide bonds. The Balaban J connectivity index is 1.88. The molecule has 1 fully saturated rings. The van der Waals surface area contributed by atoms with Gasteiger partial charge in [0.25, 0.3) is 0 Å².